The topological polar surface area (TPSA) is 61.4 Å². The van der Waals surface area contributed by atoms with Gasteiger partial charge in [0.25, 0.3) is 0 Å². The molecule has 0 unspecified atom stereocenters. The summed E-state index contributed by atoms with van der Waals surface area (Å²) in [7, 11) is 0. The first-order valence-electron chi connectivity index (χ1n) is 13.3. The number of anilines is 3. The third-order valence-corrected chi connectivity index (χ3v) is 6.63. The SMILES string of the molecule is CCCCCCN(CCCC(=O)Nc1c(SC)nc(C)nc1N(CCC)CCC)c1ccccc1. The normalized spacial score (nSPS) is 10.9. The minimum Gasteiger partial charge on any atom is -0.372 e. The number of aryl methyl sites for hydroxylation is 1. The summed E-state index contributed by atoms with van der Waals surface area (Å²) in [6.07, 6.45) is 10.3. The molecule has 1 heterocycles. The van der Waals surface area contributed by atoms with E-state index in [9.17, 15) is 4.79 Å². The fraction of sp³-hybridized carbons (Fsp3) is 0.607. The van der Waals surface area contributed by atoms with Crippen molar-refractivity contribution < 1.29 is 4.79 Å². The highest BCUT2D eigenvalue weighted by atomic mass is 32.2. The summed E-state index contributed by atoms with van der Waals surface area (Å²) in [5.41, 5.74) is 1.99. The van der Waals surface area contributed by atoms with Crippen molar-refractivity contribution in [1.82, 2.24) is 9.97 Å². The Labute approximate surface area is 217 Å². The molecule has 0 atom stereocenters. The fourth-order valence-electron chi connectivity index (χ4n) is 4.25. The summed E-state index contributed by atoms with van der Waals surface area (Å²) in [6, 6.07) is 10.6. The number of thioether (sulfide) groups is 1. The second kappa shape index (κ2) is 16.4. The number of hydrogen-bond donors (Lipinski definition) is 1. The molecule has 0 aliphatic carbocycles. The van der Waals surface area contributed by atoms with E-state index in [1.54, 1.807) is 11.8 Å². The van der Waals surface area contributed by atoms with Crippen LogP contribution in [-0.2, 0) is 4.79 Å². The number of rotatable bonds is 17. The van der Waals surface area contributed by atoms with Gasteiger partial charge >= 0.3 is 0 Å². The fourth-order valence-corrected chi connectivity index (χ4v) is 4.82. The molecule has 0 fully saturated rings. The monoisotopic (exact) mass is 499 g/mol. The summed E-state index contributed by atoms with van der Waals surface area (Å²) < 4.78 is 0. The van der Waals surface area contributed by atoms with E-state index >= 15 is 0 Å². The average molecular weight is 500 g/mol. The molecule has 0 bridgehead atoms. The second-order valence-corrected chi connectivity index (χ2v) is 9.80. The number of nitrogens with zero attached hydrogens (tertiary/aromatic N) is 4. The van der Waals surface area contributed by atoms with Gasteiger partial charge in [-0.25, -0.2) is 9.97 Å². The van der Waals surface area contributed by atoms with Crippen molar-refractivity contribution in [2.24, 2.45) is 0 Å². The molecular formula is C28H45N5OS. The zero-order valence-electron chi connectivity index (χ0n) is 22.5. The lowest BCUT2D eigenvalue weighted by Crippen LogP contribution is -2.29. The maximum Gasteiger partial charge on any atom is 0.224 e. The van der Waals surface area contributed by atoms with Crippen molar-refractivity contribution in [2.45, 2.75) is 84.1 Å². The van der Waals surface area contributed by atoms with Gasteiger partial charge in [0, 0.05) is 38.3 Å². The molecule has 1 amide bonds. The third-order valence-electron chi connectivity index (χ3n) is 5.95. The quantitative estimate of drug-likeness (QED) is 0.144. The maximum atomic E-state index is 13.1. The van der Waals surface area contributed by atoms with E-state index in [-0.39, 0.29) is 5.91 Å². The highest BCUT2D eigenvalue weighted by molar-refractivity contribution is 7.98. The highest BCUT2D eigenvalue weighted by Gasteiger charge is 2.20. The van der Waals surface area contributed by atoms with Crippen molar-refractivity contribution in [3.05, 3.63) is 36.2 Å². The lowest BCUT2D eigenvalue weighted by Gasteiger charge is -2.27. The Balaban J connectivity index is 2.07. The molecule has 1 aromatic carbocycles. The molecular weight excluding hydrogens is 454 g/mol. The number of unbranched alkanes of at least 4 members (excludes halogenated alkanes) is 3. The maximum absolute atomic E-state index is 13.1. The molecule has 2 aromatic rings. The van der Waals surface area contributed by atoms with Crippen LogP contribution >= 0.6 is 11.8 Å². The molecule has 0 saturated carbocycles. The Morgan fingerprint density at radius 2 is 1.54 bits per heavy atom. The van der Waals surface area contributed by atoms with Crippen LogP contribution in [0.2, 0.25) is 0 Å². The number of nitrogens with one attached hydrogen (secondary N) is 1. The first kappa shape index (κ1) is 29.0. The van der Waals surface area contributed by atoms with E-state index in [2.05, 4.69) is 71.2 Å². The van der Waals surface area contributed by atoms with Crippen LogP contribution in [0.5, 0.6) is 0 Å². The molecule has 194 valence electrons. The zero-order valence-corrected chi connectivity index (χ0v) is 23.3. The molecule has 1 aromatic heterocycles. The van der Waals surface area contributed by atoms with E-state index in [1.807, 2.05) is 13.2 Å². The van der Waals surface area contributed by atoms with Crippen molar-refractivity contribution in [3.63, 3.8) is 0 Å². The molecule has 7 heteroatoms. The number of carbonyl (C=O) groups excluding carboxylic acids is 1. The van der Waals surface area contributed by atoms with Crippen LogP contribution < -0.4 is 15.1 Å². The van der Waals surface area contributed by atoms with E-state index in [0.717, 1.165) is 67.8 Å². The minimum atomic E-state index is 0.0287. The molecule has 2 rings (SSSR count). The lowest BCUT2D eigenvalue weighted by molar-refractivity contribution is -0.116. The van der Waals surface area contributed by atoms with E-state index in [4.69, 9.17) is 4.98 Å². The van der Waals surface area contributed by atoms with Gasteiger partial charge < -0.3 is 15.1 Å². The molecule has 35 heavy (non-hydrogen) atoms. The number of amides is 1. The zero-order chi connectivity index (χ0) is 25.5. The third kappa shape index (κ3) is 9.71. The van der Waals surface area contributed by atoms with Gasteiger partial charge in [-0.15, -0.1) is 11.8 Å². The highest BCUT2D eigenvalue weighted by Crippen LogP contribution is 2.33. The second-order valence-electron chi connectivity index (χ2n) is 9.00. The van der Waals surface area contributed by atoms with Crippen LogP contribution in [0.15, 0.2) is 35.4 Å². The van der Waals surface area contributed by atoms with Crippen LogP contribution in [0, 0.1) is 6.92 Å². The number of benzene rings is 1. The minimum absolute atomic E-state index is 0.0287. The Morgan fingerprint density at radius 1 is 0.857 bits per heavy atom. The Kier molecular flexibility index (Phi) is 13.6. The smallest absolute Gasteiger partial charge is 0.224 e. The van der Waals surface area contributed by atoms with Gasteiger partial charge in [-0.05, 0) is 51.0 Å². The van der Waals surface area contributed by atoms with Gasteiger partial charge in [0.05, 0.1) is 0 Å². The molecule has 0 aliphatic rings. The number of carbonyl (C=O) groups is 1. The van der Waals surface area contributed by atoms with Crippen LogP contribution in [0.1, 0.15) is 78.0 Å². The number of para-hydroxylation sites is 1. The molecule has 0 aliphatic heterocycles. The average Bonchev–Trinajstić information content (AvgIpc) is 2.86. The summed E-state index contributed by atoms with van der Waals surface area (Å²) >= 11 is 1.56. The summed E-state index contributed by atoms with van der Waals surface area (Å²) in [5, 5.41) is 4.02. The lowest BCUT2D eigenvalue weighted by atomic mass is 10.1. The van der Waals surface area contributed by atoms with Crippen LogP contribution in [0.3, 0.4) is 0 Å². The van der Waals surface area contributed by atoms with Gasteiger partial charge in [-0.1, -0.05) is 58.2 Å². The summed E-state index contributed by atoms with van der Waals surface area (Å²) in [6.45, 7) is 12.2. The Morgan fingerprint density at radius 3 is 2.17 bits per heavy atom. The first-order chi connectivity index (χ1) is 17.0. The number of hydrogen-bond acceptors (Lipinski definition) is 6. The van der Waals surface area contributed by atoms with Crippen LogP contribution in [0.25, 0.3) is 0 Å². The first-order valence-corrected chi connectivity index (χ1v) is 14.5. The van der Waals surface area contributed by atoms with Gasteiger partial charge in [0.15, 0.2) is 5.82 Å². The van der Waals surface area contributed by atoms with Crippen molar-refractivity contribution >= 4 is 34.9 Å². The number of aromatic nitrogens is 2. The van der Waals surface area contributed by atoms with Crippen molar-refractivity contribution in [1.29, 1.82) is 0 Å². The molecule has 0 spiro atoms. The van der Waals surface area contributed by atoms with E-state index in [1.165, 1.54) is 31.4 Å². The Hall–Kier alpha value is -2.28. The van der Waals surface area contributed by atoms with Gasteiger partial charge in [-0.3, -0.25) is 4.79 Å². The predicted molar refractivity (Wildman–Crippen MR) is 152 cm³/mol. The van der Waals surface area contributed by atoms with Crippen molar-refractivity contribution in [2.75, 3.05) is 47.6 Å². The van der Waals surface area contributed by atoms with E-state index in [0.29, 0.717) is 6.42 Å². The van der Waals surface area contributed by atoms with Gasteiger partial charge in [0.2, 0.25) is 5.91 Å². The van der Waals surface area contributed by atoms with Crippen LogP contribution in [0.4, 0.5) is 17.2 Å². The van der Waals surface area contributed by atoms with E-state index < -0.39 is 0 Å². The predicted octanol–water partition coefficient (Wildman–Crippen LogP) is 6.94. The Bertz CT molecular complexity index is 871. The van der Waals surface area contributed by atoms with Crippen LogP contribution in [-0.4, -0.2) is 48.3 Å². The van der Waals surface area contributed by atoms with Crippen molar-refractivity contribution in [3.8, 4) is 0 Å². The summed E-state index contributed by atoms with van der Waals surface area (Å²) in [5.74, 6) is 1.61. The molecule has 0 saturated heterocycles. The van der Waals surface area contributed by atoms with Gasteiger partial charge in [-0.2, -0.15) is 0 Å². The standard InChI is InChI=1S/C28H45N5OS/c1-6-9-10-14-21-32(24-16-12-11-13-17-24)22-15-18-25(34)31-26-27(33(19-7-2)20-8-3)29-23(4)30-28(26)35-5/h11-13,16-17H,6-10,14-15,18-22H2,1-5H3,(H,31,34). The molecule has 0 radical (unpaired) electrons. The largest absolute Gasteiger partial charge is 0.372 e. The molecule has 6 nitrogen and oxygen atoms in total. The summed E-state index contributed by atoms with van der Waals surface area (Å²) in [4.78, 5) is 27.1. The van der Waals surface area contributed by atoms with Gasteiger partial charge in [0.1, 0.15) is 16.5 Å². The molecule has 1 N–H and O–H groups in total.